The number of carbonyl (C=O) groups excluding carboxylic acids is 3. The van der Waals surface area contributed by atoms with Gasteiger partial charge < -0.3 is 4.74 Å². The molecule has 1 heterocycles. The molecule has 0 aromatic heterocycles. The van der Waals surface area contributed by atoms with Gasteiger partial charge in [0.25, 0.3) is 0 Å². The van der Waals surface area contributed by atoms with Gasteiger partial charge in [-0.15, -0.1) is 6.58 Å². The van der Waals surface area contributed by atoms with E-state index in [2.05, 4.69) is 6.58 Å². The Kier molecular flexibility index (Phi) is 5.86. The van der Waals surface area contributed by atoms with Crippen molar-refractivity contribution in [1.82, 2.24) is 0 Å². The topological polar surface area (TPSA) is 60.4 Å². The van der Waals surface area contributed by atoms with Gasteiger partial charge in [0, 0.05) is 22.5 Å². The van der Waals surface area contributed by atoms with Gasteiger partial charge in [-0.25, -0.2) is 0 Å². The van der Waals surface area contributed by atoms with Crippen molar-refractivity contribution in [1.29, 1.82) is 0 Å². The summed E-state index contributed by atoms with van der Waals surface area (Å²) in [5.41, 5.74) is -0.173. The van der Waals surface area contributed by atoms with Gasteiger partial charge in [0.05, 0.1) is 10.8 Å². The summed E-state index contributed by atoms with van der Waals surface area (Å²) in [5, 5.41) is 0. The lowest BCUT2D eigenvalue weighted by molar-refractivity contribution is -0.160. The average molecular weight is 501 g/mol. The zero-order chi connectivity index (χ0) is 27.0. The smallest absolute Gasteiger partial charge is 0.176 e. The minimum absolute atomic E-state index is 0.0579. The van der Waals surface area contributed by atoms with E-state index in [0.717, 1.165) is 29.6 Å². The second-order valence-corrected chi connectivity index (χ2v) is 13.2. The molecule has 37 heavy (non-hydrogen) atoms. The lowest BCUT2D eigenvalue weighted by Gasteiger charge is -2.45. The van der Waals surface area contributed by atoms with E-state index in [-0.39, 0.29) is 35.6 Å². The van der Waals surface area contributed by atoms with Gasteiger partial charge in [-0.2, -0.15) is 0 Å². The minimum Gasteiger partial charge on any atom is -0.486 e. The molecule has 0 unspecified atom stereocenters. The Bertz CT molecular complexity index is 1260. The van der Waals surface area contributed by atoms with Gasteiger partial charge in [0.2, 0.25) is 0 Å². The van der Waals surface area contributed by atoms with Crippen LogP contribution in [0.1, 0.15) is 85.6 Å². The molecular formula is C33H40O4. The van der Waals surface area contributed by atoms with Crippen molar-refractivity contribution in [2.75, 3.05) is 0 Å². The lowest BCUT2D eigenvalue weighted by Crippen LogP contribution is -2.57. The Hall–Kier alpha value is -2.75. The molecule has 5 rings (SSSR count). The first-order valence-electron chi connectivity index (χ1n) is 13.7. The van der Waals surface area contributed by atoms with Gasteiger partial charge in [-0.3, -0.25) is 14.4 Å². The molecule has 3 bridgehead atoms. The zero-order valence-electron chi connectivity index (χ0n) is 23.2. The fraction of sp³-hybridized carbons (Fsp3) is 0.545. The van der Waals surface area contributed by atoms with Crippen molar-refractivity contribution in [3.05, 3.63) is 65.3 Å². The van der Waals surface area contributed by atoms with Gasteiger partial charge in [-0.1, -0.05) is 54.5 Å². The summed E-state index contributed by atoms with van der Waals surface area (Å²) in [6, 6.07) is 9.73. The summed E-state index contributed by atoms with van der Waals surface area (Å²) >= 11 is 0. The highest BCUT2D eigenvalue weighted by molar-refractivity contribution is 6.27. The minimum atomic E-state index is -1.24. The van der Waals surface area contributed by atoms with Crippen LogP contribution in [0.5, 0.6) is 0 Å². The predicted octanol–water partition coefficient (Wildman–Crippen LogP) is 7.05. The highest BCUT2D eigenvalue weighted by Crippen LogP contribution is 2.70. The van der Waals surface area contributed by atoms with E-state index in [1.54, 1.807) is 0 Å². The van der Waals surface area contributed by atoms with Crippen LogP contribution in [0.25, 0.3) is 5.76 Å². The second-order valence-electron chi connectivity index (χ2n) is 13.2. The Labute approximate surface area is 221 Å². The van der Waals surface area contributed by atoms with Crippen LogP contribution in [0.3, 0.4) is 0 Å². The highest BCUT2D eigenvalue weighted by Gasteiger charge is 2.76. The number of ketones is 3. The number of ether oxygens (including phenoxy) is 1. The number of carbonyl (C=O) groups is 3. The van der Waals surface area contributed by atoms with Crippen LogP contribution in [0.15, 0.2) is 59.7 Å². The number of Topliss-reactive ketones (excluding diaryl/α,β-unsaturated/α-hetero) is 3. The van der Waals surface area contributed by atoms with E-state index in [4.69, 9.17) is 4.74 Å². The Morgan fingerprint density at radius 1 is 1.03 bits per heavy atom. The normalized spacial score (nSPS) is 35.7. The number of rotatable bonds is 6. The zero-order valence-corrected chi connectivity index (χ0v) is 23.2. The van der Waals surface area contributed by atoms with Crippen LogP contribution in [-0.2, 0) is 19.1 Å². The summed E-state index contributed by atoms with van der Waals surface area (Å²) in [5.74, 6) is 0.132. The van der Waals surface area contributed by atoms with E-state index in [0.29, 0.717) is 30.6 Å². The quantitative estimate of drug-likeness (QED) is 0.310. The molecule has 3 aliphatic carbocycles. The molecule has 1 aromatic carbocycles. The van der Waals surface area contributed by atoms with Crippen LogP contribution in [0.2, 0.25) is 0 Å². The van der Waals surface area contributed by atoms with Crippen molar-refractivity contribution in [2.45, 2.75) is 85.7 Å². The fourth-order valence-electron chi connectivity index (χ4n) is 7.90. The third-order valence-corrected chi connectivity index (χ3v) is 9.83. The summed E-state index contributed by atoms with van der Waals surface area (Å²) in [7, 11) is 0. The van der Waals surface area contributed by atoms with Crippen molar-refractivity contribution in [2.24, 2.45) is 28.1 Å². The summed E-state index contributed by atoms with van der Waals surface area (Å²) in [6.45, 7) is 16.1. The molecule has 3 saturated carbocycles. The first-order valence-corrected chi connectivity index (χ1v) is 13.7. The number of fused-ring (bicyclic) bond motifs is 3. The molecule has 1 aromatic rings. The molecule has 0 N–H and O–H groups in total. The van der Waals surface area contributed by atoms with Crippen molar-refractivity contribution in [3.63, 3.8) is 0 Å². The molecule has 1 spiro atoms. The largest absolute Gasteiger partial charge is 0.486 e. The molecule has 0 radical (unpaired) electrons. The van der Waals surface area contributed by atoms with E-state index in [9.17, 15) is 14.4 Å². The number of hydrogen-bond acceptors (Lipinski definition) is 4. The first kappa shape index (κ1) is 25.9. The van der Waals surface area contributed by atoms with Crippen LogP contribution in [0, 0.1) is 28.1 Å². The molecule has 4 heteroatoms. The SMILES string of the molecule is C=C(C)CC[C@@H]1C[C@]23C[C@H]4C(=C(c5ccccc5)OC4(C)C)C(=O)[C@](CC=C(C)C)(C[C@]1(C)C2=O)C3=O. The van der Waals surface area contributed by atoms with E-state index in [1.807, 2.05) is 78.0 Å². The maximum absolute atomic E-state index is 14.9. The van der Waals surface area contributed by atoms with E-state index < -0.39 is 21.8 Å². The molecule has 5 atom stereocenters. The van der Waals surface area contributed by atoms with Crippen LogP contribution in [-0.4, -0.2) is 23.0 Å². The van der Waals surface area contributed by atoms with Crippen molar-refractivity contribution in [3.8, 4) is 0 Å². The first-order chi connectivity index (χ1) is 17.3. The molecule has 196 valence electrons. The number of allylic oxidation sites excluding steroid dienone is 3. The van der Waals surface area contributed by atoms with Crippen LogP contribution >= 0.6 is 0 Å². The molecule has 0 saturated heterocycles. The van der Waals surface area contributed by atoms with Crippen molar-refractivity contribution >= 4 is 23.1 Å². The molecular weight excluding hydrogens is 460 g/mol. The summed E-state index contributed by atoms with van der Waals surface area (Å²) in [4.78, 5) is 44.0. The number of hydrogen-bond donors (Lipinski definition) is 0. The molecule has 3 fully saturated rings. The summed E-state index contributed by atoms with van der Waals surface area (Å²) < 4.78 is 6.56. The van der Waals surface area contributed by atoms with E-state index >= 15 is 0 Å². The Balaban J connectivity index is 1.76. The fourth-order valence-corrected chi connectivity index (χ4v) is 7.90. The second kappa shape index (κ2) is 8.38. The Morgan fingerprint density at radius 3 is 2.32 bits per heavy atom. The highest BCUT2D eigenvalue weighted by atomic mass is 16.5. The van der Waals surface area contributed by atoms with Gasteiger partial charge in [-0.05, 0) is 79.1 Å². The third kappa shape index (κ3) is 3.58. The molecule has 0 amide bonds. The maximum Gasteiger partial charge on any atom is 0.176 e. The van der Waals surface area contributed by atoms with Crippen LogP contribution < -0.4 is 0 Å². The molecule has 4 aliphatic rings. The lowest BCUT2D eigenvalue weighted by atomic mass is 9.53. The molecule has 4 nitrogen and oxygen atoms in total. The van der Waals surface area contributed by atoms with Gasteiger partial charge in [0.15, 0.2) is 17.3 Å². The van der Waals surface area contributed by atoms with Gasteiger partial charge in [0.1, 0.15) is 11.4 Å². The van der Waals surface area contributed by atoms with E-state index in [1.165, 1.54) is 0 Å². The standard InChI is InChI=1S/C33H40O4/c1-20(2)13-14-23-17-33-18-24-25(26(37-30(24,5)6)22-11-9-8-10-12-22)27(34)32(29(33)36,16-15-21(3)4)19-31(23,7)28(33)35/h8-12,15,23-24H,1,13-14,16-19H2,2-7H3/t23-,24+,31+,32+,33+/m1/s1. The number of benzene rings is 1. The molecule has 1 aliphatic heterocycles. The maximum atomic E-state index is 14.9. The van der Waals surface area contributed by atoms with Gasteiger partial charge >= 0.3 is 0 Å². The monoisotopic (exact) mass is 500 g/mol. The summed E-state index contributed by atoms with van der Waals surface area (Å²) in [6.07, 6.45) is 5.17. The predicted molar refractivity (Wildman–Crippen MR) is 145 cm³/mol. The third-order valence-electron chi connectivity index (χ3n) is 9.83. The van der Waals surface area contributed by atoms with Crippen LogP contribution in [0.4, 0.5) is 0 Å². The van der Waals surface area contributed by atoms with Crippen molar-refractivity contribution < 1.29 is 19.1 Å². The average Bonchev–Trinajstić information content (AvgIpc) is 3.17. The Morgan fingerprint density at radius 2 is 1.70 bits per heavy atom.